The highest BCUT2D eigenvalue weighted by molar-refractivity contribution is 5.04. The van der Waals surface area contributed by atoms with Crippen molar-refractivity contribution in [3.05, 3.63) is 23.8 Å². The van der Waals surface area contributed by atoms with Crippen LogP contribution >= 0.6 is 0 Å². The van der Waals surface area contributed by atoms with Gasteiger partial charge in [0.05, 0.1) is 6.61 Å². The Bertz CT molecular complexity index is 233. The molecule has 0 unspecified atom stereocenters. The molecule has 1 aromatic rings. The van der Waals surface area contributed by atoms with Gasteiger partial charge in [0.2, 0.25) is 0 Å². The van der Waals surface area contributed by atoms with Gasteiger partial charge in [-0.15, -0.1) is 0 Å². The van der Waals surface area contributed by atoms with E-state index in [1.807, 2.05) is 26.2 Å². The first-order valence-electron chi connectivity index (χ1n) is 4.01. The van der Waals surface area contributed by atoms with E-state index in [2.05, 4.69) is 9.97 Å². The van der Waals surface area contributed by atoms with Gasteiger partial charge in [-0.25, -0.2) is 9.97 Å². The van der Waals surface area contributed by atoms with E-state index in [1.54, 1.807) is 7.11 Å². The molecule has 12 heavy (non-hydrogen) atoms. The van der Waals surface area contributed by atoms with Crippen molar-refractivity contribution in [2.75, 3.05) is 13.7 Å². The van der Waals surface area contributed by atoms with Crippen LogP contribution in [0.5, 0.6) is 0 Å². The zero-order valence-electron chi connectivity index (χ0n) is 7.74. The van der Waals surface area contributed by atoms with Gasteiger partial charge in [0.25, 0.3) is 0 Å². The molecular weight excluding hydrogens is 152 g/mol. The van der Waals surface area contributed by atoms with E-state index >= 15 is 0 Å². The first-order valence-corrected chi connectivity index (χ1v) is 4.01. The van der Waals surface area contributed by atoms with Crippen molar-refractivity contribution < 1.29 is 4.74 Å². The maximum Gasteiger partial charge on any atom is 0.133 e. The summed E-state index contributed by atoms with van der Waals surface area (Å²) in [7, 11) is 1.69. The molecule has 0 radical (unpaired) electrons. The second kappa shape index (κ2) is 4.16. The minimum atomic E-state index is 0.274. The second-order valence-corrected chi connectivity index (χ2v) is 2.98. The summed E-state index contributed by atoms with van der Waals surface area (Å²) in [5, 5.41) is 0. The predicted molar refractivity (Wildman–Crippen MR) is 47.1 cm³/mol. The Morgan fingerprint density at radius 2 is 2.00 bits per heavy atom. The van der Waals surface area contributed by atoms with Crippen molar-refractivity contribution in [1.29, 1.82) is 0 Å². The third-order valence-corrected chi connectivity index (χ3v) is 1.66. The number of aromatic nitrogens is 2. The van der Waals surface area contributed by atoms with Crippen molar-refractivity contribution in [2.45, 2.75) is 19.8 Å². The van der Waals surface area contributed by atoms with E-state index in [1.165, 1.54) is 0 Å². The molecule has 0 saturated carbocycles. The zero-order chi connectivity index (χ0) is 8.97. The number of hydrogen-bond donors (Lipinski definition) is 0. The predicted octanol–water partition coefficient (Wildman–Crippen LogP) is 1.53. The molecule has 0 aliphatic rings. The minimum absolute atomic E-state index is 0.274. The first kappa shape index (κ1) is 9.13. The van der Waals surface area contributed by atoms with Crippen LogP contribution in [0.1, 0.15) is 24.2 Å². The van der Waals surface area contributed by atoms with Crippen molar-refractivity contribution in [1.82, 2.24) is 9.97 Å². The van der Waals surface area contributed by atoms with E-state index in [4.69, 9.17) is 4.74 Å². The largest absolute Gasteiger partial charge is 0.384 e. The van der Waals surface area contributed by atoms with Crippen molar-refractivity contribution in [3.8, 4) is 0 Å². The Kier molecular flexibility index (Phi) is 3.17. The van der Waals surface area contributed by atoms with E-state index in [0.717, 1.165) is 11.4 Å². The third kappa shape index (κ3) is 2.27. The van der Waals surface area contributed by atoms with Crippen LogP contribution < -0.4 is 0 Å². The molecule has 0 aliphatic carbocycles. The Hall–Kier alpha value is -0.960. The number of hydrogen-bond acceptors (Lipinski definition) is 3. The second-order valence-electron chi connectivity index (χ2n) is 2.98. The lowest BCUT2D eigenvalue weighted by Gasteiger charge is -2.07. The maximum atomic E-state index is 5.01. The van der Waals surface area contributed by atoms with Crippen LogP contribution in [0.15, 0.2) is 12.4 Å². The number of nitrogens with zero attached hydrogens (tertiary/aromatic N) is 2. The van der Waals surface area contributed by atoms with Gasteiger partial charge < -0.3 is 4.74 Å². The quantitative estimate of drug-likeness (QED) is 0.683. The molecule has 1 aromatic heterocycles. The van der Waals surface area contributed by atoms with Gasteiger partial charge in [0, 0.05) is 25.4 Å². The molecule has 0 N–H and O–H groups in total. The fraction of sp³-hybridized carbons (Fsp3) is 0.556. The first-order chi connectivity index (χ1) is 5.74. The minimum Gasteiger partial charge on any atom is -0.384 e. The lowest BCUT2D eigenvalue weighted by Crippen LogP contribution is -2.06. The van der Waals surface area contributed by atoms with Gasteiger partial charge in [0.15, 0.2) is 0 Å². The summed E-state index contributed by atoms with van der Waals surface area (Å²) in [5.74, 6) is 1.12. The summed E-state index contributed by atoms with van der Waals surface area (Å²) in [6, 6.07) is 0. The highest BCUT2D eigenvalue weighted by Gasteiger charge is 2.06. The fourth-order valence-electron chi connectivity index (χ4n) is 0.982. The summed E-state index contributed by atoms with van der Waals surface area (Å²) < 4.78 is 5.01. The molecule has 0 bridgehead atoms. The van der Waals surface area contributed by atoms with Gasteiger partial charge in [-0.05, 0) is 12.5 Å². The Morgan fingerprint density at radius 1 is 1.42 bits per heavy atom. The van der Waals surface area contributed by atoms with Crippen molar-refractivity contribution in [3.63, 3.8) is 0 Å². The molecular formula is C9H14N2O. The molecule has 66 valence electrons. The van der Waals surface area contributed by atoms with E-state index in [0.29, 0.717) is 6.61 Å². The van der Waals surface area contributed by atoms with Crippen molar-refractivity contribution >= 4 is 0 Å². The standard InChI is InChI=1S/C9H14N2O/c1-7-4-10-9(11-5-7)8(2)6-12-3/h4-5,8H,6H2,1-3H3/t8-/m1/s1. The van der Waals surface area contributed by atoms with E-state index < -0.39 is 0 Å². The van der Waals surface area contributed by atoms with Crippen LogP contribution in [0.2, 0.25) is 0 Å². The highest BCUT2D eigenvalue weighted by Crippen LogP contribution is 2.08. The summed E-state index contributed by atoms with van der Waals surface area (Å²) >= 11 is 0. The molecule has 0 spiro atoms. The SMILES string of the molecule is COC[C@@H](C)c1ncc(C)cn1. The molecule has 1 heterocycles. The van der Waals surface area contributed by atoms with Crippen LogP contribution in [-0.4, -0.2) is 23.7 Å². The van der Waals surface area contributed by atoms with Gasteiger partial charge in [-0.3, -0.25) is 0 Å². The van der Waals surface area contributed by atoms with Crippen LogP contribution in [0.3, 0.4) is 0 Å². The smallest absolute Gasteiger partial charge is 0.133 e. The zero-order valence-corrected chi connectivity index (χ0v) is 7.74. The van der Waals surface area contributed by atoms with Crippen LogP contribution in [0, 0.1) is 6.92 Å². The van der Waals surface area contributed by atoms with E-state index in [9.17, 15) is 0 Å². The summed E-state index contributed by atoms with van der Waals surface area (Å²) in [5.41, 5.74) is 1.09. The van der Waals surface area contributed by atoms with Gasteiger partial charge in [-0.1, -0.05) is 6.92 Å². The average Bonchev–Trinajstić information content (AvgIpc) is 2.06. The lowest BCUT2D eigenvalue weighted by atomic mass is 10.2. The Labute approximate surface area is 72.8 Å². The molecule has 0 fully saturated rings. The topological polar surface area (TPSA) is 35.0 Å². The Morgan fingerprint density at radius 3 is 2.50 bits per heavy atom. The molecule has 1 atom stereocenters. The third-order valence-electron chi connectivity index (χ3n) is 1.66. The highest BCUT2D eigenvalue weighted by atomic mass is 16.5. The molecule has 0 aromatic carbocycles. The molecule has 0 aliphatic heterocycles. The lowest BCUT2D eigenvalue weighted by molar-refractivity contribution is 0.181. The number of aryl methyl sites for hydroxylation is 1. The molecule has 3 heteroatoms. The summed E-state index contributed by atoms with van der Waals surface area (Å²) in [6.07, 6.45) is 3.66. The van der Waals surface area contributed by atoms with Crippen LogP contribution in [0.25, 0.3) is 0 Å². The number of rotatable bonds is 3. The number of methoxy groups -OCH3 is 1. The molecule has 0 saturated heterocycles. The van der Waals surface area contributed by atoms with Gasteiger partial charge in [0.1, 0.15) is 5.82 Å². The molecule has 3 nitrogen and oxygen atoms in total. The van der Waals surface area contributed by atoms with Gasteiger partial charge in [-0.2, -0.15) is 0 Å². The average molecular weight is 166 g/mol. The van der Waals surface area contributed by atoms with Crippen LogP contribution in [-0.2, 0) is 4.74 Å². The summed E-state index contributed by atoms with van der Waals surface area (Å²) in [4.78, 5) is 8.41. The fourth-order valence-corrected chi connectivity index (χ4v) is 0.982. The molecule has 1 rings (SSSR count). The van der Waals surface area contributed by atoms with E-state index in [-0.39, 0.29) is 5.92 Å². The Balaban J connectivity index is 2.68. The normalized spacial score (nSPS) is 12.9. The maximum absolute atomic E-state index is 5.01. The number of ether oxygens (including phenoxy) is 1. The monoisotopic (exact) mass is 166 g/mol. The van der Waals surface area contributed by atoms with Crippen molar-refractivity contribution in [2.24, 2.45) is 0 Å². The molecule has 0 amide bonds. The van der Waals surface area contributed by atoms with Gasteiger partial charge >= 0.3 is 0 Å². The summed E-state index contributed by atoms with van der Waals surface area (Å²) in [6.45, 7) is 4.70. The van der Waals surface area contributed by atoms with Crippen LogP contribution in [0.4, 0.5) is 0 Å².